The van der Waals surface area contributed by atoms with Crippen LogP contribution in [0.5, 0.6) is 5.75 Å². The molecular formula is C40H44FN5O10S. The van der Waals surface area contributed by atoms with Gasteiger partial charge in [0.25, 0.3) is 5.91 Å². The number of carbonyl (C=O) groups excluding carboxylic acids is 4. The number of fused-ring (bicyclic) bond motifs is 6. The fourth-order valence-electron chi connectivity index (χ4n) is 7.86. The highest BCUT2D eigenvalue weighted by Crippen LogP contribution is 2.46. The van der Waals surface area contributed by atoms with E-state index in [-0.39, 0.29) is 50.4 Å². The van der Waals surface area contributed by atoms with Crippen LogP contribution >= 0.6 is 0 Å². The fraction of sp³-hybridized carbons (Fsp3) is 0.475. The molecule has 3 fully saturated rings. The standard InChI is InChI=1S/C40H44FN5O10S/c1-53-17-18-54-39(50)43-30-11-6-4-2-3-5-9-23-21-40(23,38(49)45-57(51,52)26-14-15-26)44-36(47)31-20-25(22-46(31)37(30)48)55-34-28-19-24(41)13-16-29(28)42-33-27-10-7-8-12-32(27)56-35(33)34/h5,7-10,12-13,16,19,23,25-26,30-31H,2-4,6,11,14-15,17-18,20-22H2,1H3,(H,43,50)(H,44,47)(H,45,49)/b9-5-/t23-,25-,30+,31+,40-/m1/s1. The Morgan fingerprint density at radius 1 is 1.07 bits per heavy atom. The molecule has 2 aliphatic heterocycles. The van der Waals surface area contributed by atoms with Crippen LogP contribution in [-0.4, -0.2) is 98.0 Å². The fourth-order valence-corrected chi connectivity index (χ4v) is 9.22. The summed E-state index contributed by atoms with van der Waals surface area (Å²) in [4.78, 5) is 61.8. The number of pyridine rings is 1. The van der Waals surface area contributed by atoms with Crippen LogP contribution in [0, 0.1) is 11.7 Å². The van der Waals surface area contributed by atoms with Gasteiger partial charge in [0.15, 0.2) is 11.3 Å². The summed E-state index contributed by atoms with van der Waals surface area (Å²) in [5.74, 6) is -2.93. The maximum Gasteiger partial charge on any atom is 0.407 e. The highest BCUT2D eigenvalue weighted by atomic mass is 32.2. The van der Waals surface area contributed by atoms with Gasteiger partial charge in [-0.15, -0.1) is 0 Å². The third kappa shape index (κ3) is 7.86. The predicted octanol–water partition coefficient (Wildman–Crippen LogP) is 4.37. The van der Waals surface area contributed by atoms with Crippen molar-refractivity contribution in [2.45, 2.75) is 86.8 Å². The van der Waals surface area contributed by atoms with Crippen LogP contribution in [0.3, 0.4) is 0 Å². The molecule has 5 atom stereocenters. The average Bonchev–Trinajstić information content (AvgIpc) is 4.09. The first kappa shape index (κ1) is 38.6. The number of amides is 4. The van der Waals surface area contributed by atoms with Crippen molar-refractivity contribution in [1.29, 1.82) is 0 Å². The lowest BCUT2D eigenvalue weighted by molar-refractivity contribution is -0.141. The lowest BCUT2D eigenvalue weighted by Gasteiger charge is -2.29. The Hall–Kier alpha value is -5.29. The number of halogens is 1. The molecule has 8 rings (SSSR count). The number of carbonyl (C=O) groups is 4. The van der Waals surface area contributed by atoms with E-state index in [9.17, 15) is 32.0 Å². The lowest BCUT2D eigenvalue weighted by Crippen LogP contribution is -2.58. The van der Waals surface area contributed by atoms with Crippen LogP contribution < -0.4 is 20.1 Å². The molecule has 4 amide bonds. The summed E-state index contributed by atoms with van der Waals surface area (Å²) in [7, 11) is -2.47. The summed E-state index contributed by atoms with van der Waals surface area (Å²) < 4.78 is 65.8. The van der Waals surface area contributed by atoms with E-state index in [1.54, 1.807) is 6.07 Å². The average molecular weight is 806 g/mol. The van der Waals surface area contributed by atoms with Crippen molar-refractivity contribution in [3.63, 3.8) is 0 Å². The van der Waals surface area contributed by atoms with Gasteiger partial charge < -0.3 is 34.2 Å². The Morgan fingerprint density at radius 3 is 2.70 bits per heavy atom. The molecule has 2 aliphatic carbocycles. The SMILES string of the molecule is COCCOC(=O)N[C@H]1CCCCC/C=C\[C@@H]2C[C@@]2(C(=O)NS(=O)(=O)C2CC2)NC(=O)[C@@H]2C[C@@H](Oc3c4cc(F)ccc4nc4c3oc3ccccc34)CN2C1=O. The van der Waals surface area contributed by atoms with E-state index < -0.39 is 74.5 Å². The van der Waals surface area contributed by atoms with Crippen molar-refractivity contribution >= 4 is 66.8 Å². The third-order valence-corrected chi connectivity index (χ3v) is 13.0. The number of rotatable bonds is 9. The molecular weight excluding hydrogens is 762 g/mol. The zero-order valence-electron chi connectivity index (χ0n) is 31.3. The number of ether oxygens (including phenoxy) is 3. The highest BCUT2D eigenvalue weighted by Gasteiger charge is 2.62. The van der Waals surface area contributed by atoms with Gasteiger partial charge in [0.1, 0.15) is 47.3 Å². The summed E-state index contributed by atoms with van der Waals surface area (Å²) in [6, 6.07) is 9.08. The van der Waals surface area contributed by atoms with E-state index in [0.29, 0.717) is 53.1 Å². The minimum absolute atomic E-state index is 0.0429. The van der Waals surface area contributed by atoms with E-state index in [2.05, 4.69) is 15.4 Å². The second-order valence-corrected chi connectivity index (χ2v) is 17.2. The highest BCUT2D eigenvalue weighted by molar-refractivity contribution is 7.91. The van der Waals surface area contributed by atoms with Gasteiger partial charge in [-0.05, 0) is 68.9 Å². The van der Waals surface area contributed by atoms with Crippen molar-refractivity contribution in [1.82, 2.24) is 25.2 Å². The number of aromatic nitrogens is 1. The topological polar surface area (TPSA) is 195 Å². The van der Waals surface area contributed by atoms with Crippen molar-refractivity contribution < 1.29 is 50.6 Å². The number of benzene rings is 2. The minimum atomic E-state index is -3.94. The zero-order valence-corrected chi connectivity index (χ0v) is 32.1. The number of alkyl carbamates (subject to hydrolysis) is 1. The third-order valence-electron chi connectivity index (χ3n) is 11.2. The molecule has 15 nitrogen and oxygen atoms in total. The van der Waals surface area contributed by atoms with Gasteiger partial charge >= 0.3 is 6.09 Å². The van der Waals surface area contributed by atoms with Crippen LogP contribution in [0.15, 0.2) is 59.0 Å². The molecule has 302 valence electrons. The number of para-hydroxylation sites is 1. The van der Waals surface area contributed by atoms with Gasteiger partial charge in [0.05, 0.1) is 23.9 Å². The van der Waals surface area contributed by atoms with Crippen LogP contribution in [-0.2, 0) is 33.9 Å². The number of sulfonamides is 1. The Labute approximate surface area is 327 Å². The molecule has 3 N–H and O–H groups in total. The van der Waals surface area contributed by atoms with Crippen molar-refractivity contribution in [2.75, 3.05) is 26.9 Å². The van der Waals surface area contributed by atoms with Crippen LogP contribution in [0.25, 0.3) is 33.0 Å². The first-order chi connectivity index (χ1) is 27.5. The Bertz CT molecular complexity index is 2380. The maximum absolute atomic E-state index is 14.8. The monoisotopic (exact) mass is 805 g/mol. The quantitative estimate of drug-likeness (QED) is 0.161. The van der Waals surface area contributed by atoms with E-state index in [4.69, 9.17) is 23.6 Å². The van der Waals surface area contributed by atoms with Gasteiger partial charge in [-0.2, -0.15) is 0 Å². The van der Waals surface area contributed by atoms with Crippen LogP contribution in [0.2, 0.25) is 0 Å². The molecule has 0 spiro atoms. The summed E-state index contributed by atoms with van der Waals surface area (Å²) in [5.41, 5.74) is 0.143. The molecule has 0 radical (unpaired) electrons. The van der Waals surface area contributed by atoms with Gasteiger partial charge in [0, 0.05) is 30.2 Å². The summed E-state index contributed by atoms with van der Waals surface area (Å²) in [6.07, 6.45) is 6.00. The molecule has 17 heteroatoms. The second kappa shape index (κ2) is 15.6. The smallest absolute Gasteiger partial charge is 0.407 e. The largest absolute Gasteiger partial charge is 0.484 e. The molecule has 4 aromatic rings. The summed E-state index contributed by atoms with van der Waals surface area (Å²) in [6.45, 7) is -0.0245. The molecule has 2 aromatic carbocycles. The second-order valence-electron chi connectivity index (χ2n) is 15.2. The first-order valence-electron chi connectivity index (χ1n) is 19.3. The van der Waals surface area contributed by atoms with Crippen molar-refractivity contribution in [2.24, 2.45) is 5.92 Å². The number of allylic oxidation sites excluding steroid dienone is 1. The summed E-state index contributed by atoms with van der Waals surface area (Å²) >= 11 is 0. The van der Waals surface area contributed by atoms with Crippen LogP contribution in [0.1, 0.15) is 57.8 Å². The maximum atomic E-state index is 14.8. The number of methoxy groups -OCH3 is 1. The Kier molecular flexibility index (Phi) is 10.5. The number of furan rings is 1. The molecule has 1 saturated heterocycles. The molecule has 2 aromatic heterocycles. The number of nitrogens with one attached hydrogen (secondary N) is 3. The Morgan fingerprint density at radius 2 is 1.89 bits per heavy atom. The molecule has 0 bridgehead atoms. The van der Waals surface area contributed by atoms with E-state index in [1.807, 2.05) is 30.4 Å². The van der Waals surface area contributed by atoms with Crippen molar-refractivity contribution in [3.8, 4) is 5.75 Å². The van der Waals surface area contributed by atoms with Gasteiger partial charge in [0.2, 0.25) is 21.8 Å². The first-order valence-corrected chi connectivity index (χ1v) is 20.9. The molecule has 57 heavy (non-hydrogen) atoms. The van der Waals surface area contributed by atoms with Gasteiger partial charge in [-0.25, -0.2) is 22.6 Å². The Balaban J connectivity index is 1.15. The van der Waals surface area contributed by atoms with E-state index in [0.717, 1.165) is 12.8 Å². The summed E-state index contributed by atoms with van der Waals surface area (Å²) in [5, 5.41) is 5.90. The number of hydrogen-bond acceptors (Lipinski definition) is 11. The molecule has 2 saturated carbocycles. The normalized spacial score (nSPS) is 26.2. The molecule has 0 unspecified atom stereocenters. The van der Waals surface area contributed by atoms with E-state index >= 15 is 0 Å². The van der Waals surface area contributed by atoms with Crippen LogP contribution in [0.4, 0.5) is 9.18 Å². The van der Waals surface area contributed by atoms with Gasteiger partial charge in [-0.1, -0.05) is 37.1 Å². The van der Waals surface area contributed by atoms with E-state index in [1.165, 1.54) is 30.2 Å². The predicted molar refractivity (Wildman–Crippen MR) is 205 cm³/mol. The number of hydrogen-bond donors (Lipinski definition) is 3. The van der Waals surface area contributed by atoms with Crippen molar-refractivity contribution in [3.05, 3.63) is 60.4 Å². The molecule has 4 aliphatic rings. The zero-order chi connectivity index (χ0) is 39.9. The minimum Gasteiger partial charge on any atom is -0.484 e. The number of nitrogens with zero attached hydrogens (tertiary/aromatic N) is 2. The molecule has 4 heterocycles. The van der Waals surface area contributed by atoms with Gasteiger partial charge in [-0.3, -0.25) is 19.1 Å². The lowest BCUT2D eigenvalue weighted by atomic mass is 10.1.